The lowest BCUT2D eigenvalue weighted by molar-refractivity contribution is 0.0931. The molecule has 3 heterocycles. The van der Waals surface area contributed by atoms with Crippen LogP contribution in [-0.4, -0.2) is 37.6 Å². The lowest BCUT2D eigenvalue weighted by Gasteiger charge is -2.20. The number of amides is 1. The molecule has 1 N–H and O–H groups in total. The van der Waals surface area contributed by atoms with E-state index in [1.54, 1.807) is 25.6 Å². The standard InChI is InChI=1S/C20H18N6O2/c1-13-10-12-22-20-24-18(25-26(13)20)19(27)23-17(15-8-5-6-11-21-15)14-7-3-4-9-16(14)28-2/h3-12,17H,1-2H3,(H,23,27). The molecule has 1 aromatic carbocycles. The van der Waals surface area contributed by atoms with Gasteiger partial charge in [-0.05, 0) is 31.2 Å². The van der Waals surface area contributed by atoms with Crippen molar-refractivity contribution in [1.82, 2.24) is 29.9 Å². The van der Waals surface area contributed by atoms with Crippen LogP contribution in [0.4, 0.5) is 0 Å². The van der Waals surface area contributed by atoms with Crippen LogP contribution in [0.5, 0.6) is 5.75 Å². The van der Waals surface area contributed by atoms with Crippen LogP contribution in [0.3, 0.4) is 0 Å². The van der Waals surface area contributed by atoms with Crippen LogP contribution < -0.4 is 10.1 Å². The Balaban J connectivity index is 1.73. The topological polar surface area (TPSA) is 94.3 Å². The number of carbonyl (C=O) groups excluding carboxylic acids is 1. The van der Waals surface area contributed by atoms with Crippen LogP contribution >= 0.6 is 0 Å². The van der Waals surface area contributed by atoms with Gasteiger partial charge in [-0.1, -0.05) is 24.3 Å². The Bertz CT molecular complexity index is 1130. The number of para-hydroxylation sites is 1. The molecule has 0 bridgehead atoms. The van der Waals surface area contributed by atoms with E-state index < -0.39 is 11.9 Å². The molecule has 3 aromatic heterocycles. The Labute approximate surface area is 161 Å². The van der Waals surface area contributed by atoms with E-state index in [0.717, 1.165) is 11.3 Å². The zero-order valence-electron chi connectivity index (χ0n) is 15.4. The Morgan fingerprint density at radius 1 is 1.07 bits per heavy atom. The third-order valence-corrected chi connectivity index (χ3v) is 4.34. The number of fused-ring (bicyclic) bond motifs is 1. The normalized spacial score (nSPS) is 11.9. The molecule has 0 aliphatic rings. The Morgan fingerprint density at radius 2 is 1.89 bits per heavy atom. The molecule has 1 atom stereocenters. The molecule has 8 heteroatoms. The summed E-state index contributed by atoms with van der Waals surface area (Å²) in [4.78, 5) is 25.7. The lowest BCUT2D eigenvalue weighted by Crippen LogP contribution is -2.31. The molecule has 4 rings (SSSR count). The highest BCUT2D eigenvalue weighted by molar-refractivity contribution is 5.91. The number of rotatable bonds is 5. The van der Waals surface area contributed by atoms with E-state index in [-0.39, 0.29) is 5.82 Å². The van der Waals surface area contributed by atoms with Gasteiger partial charge in [0.2, 0.25) is 5.82 Å². The van der Waals surface area contributed by atoms with Gasteiger partial charge in [0.15, 0.2) is 0 Å². The van der Waals surface area contributed by atoms with Gasteiger partial charge >= 0.3 is 0 Å². The summed E-state index contributed by atoms with van der Waals surface area (Å²) in [5.74, 6) is 0.639. The highest BCUT2D eigenvalue weighted by Crippen LogP contribution is 2.29. The first kappa shape index (κ1) is 17.6. The predicted molar refractivity (Wildman–Crippen MR) is 102 cm³/mol. The highest BCUT2D eigenvalue weighted by Gasteiger charge is 2.24. The van der Waals surface area contributed by atoms with Crippen molar-refractivity contribution in [2.45, 2.75) is 13.0 Å². The van der Waals surface area contributed by atoms with E-state index in [0.29, 0.717) is 17.2 Å². The van der Waals surface area contributed by atoms with Crippen molar-refractivity contribution in [2.75, 3.05) is 7.11 Å². The summed E-state index contributed by atoms with van der Waals surface area (Å²) in [7, 11) is 1.59. The first-order chi connectivity index (χ1) is 13.7. The van der Waals surface area contributed by atoms with Gasteiger partial charge in [-0.3, -0.25) is 9.78 Å². The number of ether oxygens (including phenoxy) is 1. The fourth-order valence-electron chi connectivity index (χ4n) is 2.96. The van der Waals surface area contributed by atoms with Crippen molar-refractivity contribution in [2.24, 2.45) is 0 Å². The maximum Gasteiger partial charge on any atom is 0.291 e. The van der Waals surface area contributed by atoms with Crippen molar-refractivity contribution < 1.29 is 9.53 Å². The van der Waals surface area contributed by atoms with Crippen LogP contribution in [-0.2, 0) is 0 Å². The summed E-state index contributed by atoms with van der Waals surface area (Å²) in [6.07, 6.45) is 3.31. The largest absolute Gasteiger partial charge is 0.496 e. The van der Waals surface area contributed by atoms with Gasteiger partial charge in [0.05, 0.1) is 12.8 Å². The third kappa shape index (κ3) is 3.27. The number of methoxy groups -OCH3 is 1. The second-order valence-electron chi connectivity index (χ2n) is 6.14. The number of aryl methyl sites for hydroxylation is 1. The number of nitrogens with one attached hydrogen (secondary N) is 1. The minimum Gasteiger partial charge on any atom is -0.496 e. The summed E-state index contributed by atoms with van der Waals surface area (Å²) in [6, 6.07) is 14.3. The molecule has 0 fully saturated rings. The average Bonchev–Trinajstić information content (AvgIpc) is 3.18. The molecule has 0 saturated heterocycles. The van der Waals surface area contributed by atoms with Gasteiger partial charge in [-0.15, -0.1) is 5.10 Å². The Hall–Kier alpha value is -3.81. The van der Waals surface area contributed by atoms with E-state index in [2.05, 4.69) is 25.4 Å². The maximum absolute atomic E-state index is 12.9. The van der Waals surface area contributed by atoms with E-state index in [1.807, 2.05) is 49.4 Å². The Kier molecular flexibility index (Phi) is 4.67. The monoisotopic (exact) mass is 374 g/mol. The van der Waals surface area contributed by atoms with Crippen LogP contribution in [0.1, 0.15) is 33.6 Å². The van der Waals surface area contributed by atoms with Crippen molar-refractivity contribution in [3.63, 3.8) is 0 Å². The quantitative estimate of drug-likeness (QED) is 0.576. The van der Waals surface area contributed by atoms with Crippen molar-refractivity contribution in [3.05, 3.63) is 83.7 Å². The number of hydrogen-bond acceptors (Lipinski definition) is 6. The van der Waals surface area contributed by atoms with Gasteiger partial charge in [0, 0.05) is 23.7 Å². The first-order valence-corrected chi connectivity index (χ1v) is 8.70. The van der Waals surface area contributed by atoms with Crippen LogP contribution in [0.2, 0.25) is 0 Å². The summed E-state index contributed by atoms with van der Waals surface area (Å²) in [6.45, 7) is 1.87. The molecule has 1 amide bonds. The summed E-state index contributed by atoms with van der Waals surface area (Å²) >= 11 is 0. The average molecular weight is 374 g/mol. The fraction of sp³-hybridized carbons (Fsp3) is 0.150. The lowest BCUT2D eigenvalue weighted by atomic mass is 10.0. The molecule has 4 aromatic rings. The smallest absolute Gasteiger partial charge is 0.291 e. The molecule has 140 valence electrons. The van der Waals surface area contributed by atoms with E-state index in [4.69, 9.17) is 4.74 Å². The molecule has 0 saturated carbocycles. The molecule has 0 aliphatic heterocycles. The zero-order chi connectivity index (χ0) is 19.5. The molecule has 8 nitrogen and oxygen atoms in total. The van der Waals surface area contributed by atoms with Crippen molar-refractivity contribution in [1.29, 1.82) is 0 Å². The predicted octanol–water partition coefficient (Wildman–Crippen LogP) is 2.36. The Morgan fingerprint density at radius 3 is 2.64 bits per heavy atom. The van der Waals surface area contributed by atoms with E-state index in [9.17, 15) is 4.79 Å². The summed E-state index contributed by atoms with van der Waals surface area (Å²) in [5, 5.41) is 7.25. The number of aromatic nitrogens is 5. The molecule has 0 spiro atoms. The molecule has 1 unspecified atom stereocenters. The number of carbonyl (C=O) groups is 1. The van der Waals surface area contributed by atoms with Crippen LogP contribution in [0.15, 0.2) is 60.9 Å². The fourth-order valence-corrected chi connectivity index (χ4v) is 2.96. The highest BCUT2D eigenvalue weighted by atomic mass is 16.5. The minimum atomic E-state index is -0.523. The first-order valence-electron chi connectivity index (χ1n) is 8.70. The van der Waals surface area contributed by atoms with Gasteiger partial charge < -0.3 is 10.1 Å². The van der Waals surface area contributed by atoms with Crippen LogP contribution in [0.25, 0.3) is 5.78 Å². The van der Waals surface area contributed by atoms with Crippen LogP contribution in [0, 0.1) is 6.92 Å². The van der Waals surface area contributed by atoms with Gasteiger partial charge in [0.1, 0.15) is 11.8 Å². The molecule has 0 aliphatic carbocycles. The summed E-state index contributed by atoms with van der Waals surface area (Å²) < 4.78 is 7.01. The number of nitrogens with zero attached hydrogens (tertiary/aromatic N) is 5. The van der Waals surface area contributed by atoms with Crippen molar-refractivity contribution >= 4 is 11.7 Å². The van der Waals surface area contributed by atoms with Gasteiger partial charge in [-0.25, -0.2) is 9.50 Å². The second kappa shape index (κ2) is 7.43. The maximum atomic E-state index is 12.9. The summed E-state index contributed by atoms with van der Waals surface area (Å²) in [5.41, 5.74) is 2.30. The van der Waals surface area contributed by atoms with Gasteiger partial charge in [-0.2, -0.15) is 4.98 Å². The van der Waals surface area contributed by atoms with Gasteiger partial charge in [0.25, 0.3) is 11.7 Å². The number of hydrogen-bond donors (Lipinski definition) is 1. The molecular formula is C20H18N6O2. The number of pyridine rings is 1. The second-order valence-corrected chi connectivity index (χ2v) is 6.14. The SMILES string of the molecule is COc1ccccc1C(NC(=O)c1nc2nccc(C)n2n1)c1ccccn1. The minimum absolute atomic E-state index is 0.0395. The molecule has 28 heavy (non-hydrogen) atoms. The number of benzene rings is 1. The van der Waals surface area contributed by atoms with E-state index >= 15 is 0 Å². The van der Waals surface area contributed by atoms with E-state index in [1.165, 1.54) is 4.52 Å². The zero-order valence-corrected chi connectivity index (χ0v) is 15.4. The third-order valence-electron chi connectivity index (χ3n) is 4.34. The molecular weight excluding hydrogens is 356 g/mol. The molecule has 0 radical (unpaired) electrons. The van der Waals surface area contributed by atoms with Crippen molar-refractivity contribution in [3.8, 4) is 5.75 Å².